The van der Waals surface area contributed by atoms with Crippen LogP contribution in [0.15, 0.2) is 55.0 Å². The number of ether oxygens (including phenoxy) is 2. The summed E-state index contributed by atoms with van der Waals surface area (Å²) in [7, 11) is 5.16. The van der Waals surface area contributed by atoms with Crippen LogP contribution < -0.4 is 10.1 Å². The fourth-order valence-electron chi connectivity index (χ4n) is 3.40. The number of hydrogen-bond acceptors (Lipinski definition) is 6. The second kappa shape index (κ2) is 11.7. The highest BCUT2D eigenvalue weighted by Gasteiger charge is 2.17. The van der Waals surface area contributed by atoms with E-state index in [1.165, 1.54) is 19.2 Å². The van der Waals surface area contributed by atoms with Gasteiger partial charge in [-0.15, -0.1) is 0 Å². The zero-order valence-electron chi connectivity index (χ0n) is 19.4. The number of anilines is 1. The third kappa shape index (κ3) is 5.72. The summed E-state index contributed by atoms with van der Waals surface area (Å²) >= 11 is 0. The van der Waals surface area contributed by atoms with Gasteiger partial charge >= 0.3 is 0 Å². The SMILES string of the molecule is CCCCOC.COc1cc2ncnc(-c3cn(C)nc3-c3ccccc3)c2cc1NC=O. The van der Waals surface area contributed by atoms with Gasteiger partial charge in [-0.25, -0.2) is 9.97 Å². The average molecular weight is 448 g/mol. The number of amides is 1. The summed E-state index contributed by atoms with van der Waals surface area (Å²) in [5.74, 6) is 0.536. The van der Waals surface area contributed by atoms with Crippen LogP contribution in [-0.4, -0.2) is 47.0 Å². The smallest absolute Gasteiger partial charge is 0.211 e. The molecule has 2 heterocycles. The van der Waals surface area contributed by atoms with E-state index in [1.54, 1.807) is 25.0 Å². The molecule has 4 aromatic rings. The fourth-order valence-corrected chi connectivity index (χ4v) is 3.40. The molecule has 1 N–H and O–H groups in total. The van der Waals surface area contributed by atoms with Crippen LogP contribution in [0.4, 0.5) is 5.69 Å². The Balaban J connectivity index is 0.000000454. The van der Waals surface area contributed by atoms with Gasteiger partial charge in [0.15, 0.2) is 0 Å². The number of carbonyl (C=O) groups excluding carboxylic acids is 1. The van der Waals surface area contributed by atoms with Crippen molar-refractivity contribution in [1.29, 1.82) is 0 Å². The minimum atomic E-state index is 0.536. The van der Waals surface area contributed by atoms with E-state index in [0.29, 0.717) is 17.8 Å². The second-order valence-corrected chi connectivity index (χ2v) is 7.33. The first-order chi connectivity index (χ1) is 16.1. The molecule has 0 saturated carbocycles. The Labute approximate surface area is 193 Å². The minimum Gasteiger partial charge on any atom is -0.494 e. The zero-order chi connectivity index (χ0) is 23.6. The molecule has 0 unspecified atom stereocenters. The lowest BCUT2D eigenvalue weighted by Crippen LogP contribution is -1.99. The molecule has 2 aromatic carbocycles. The van der Waals surface area contributed by atoms with Crippen LogP contribution in [0.2, 0.25) is 0 Å². The average Bonchev–Trinajstić information content (AvgIpc) is 3.24. The number of aromatic nitrogens is 4. The van der Waals surface area contributed by atoms with Crippen molar-refractivity contribution in [3.05, 3.63) is 55.0 Å². The van der Waals surface area contributed by atoms with E-state index in [9.17, 15) is 4.79 Å². The van der Waals surface area contributed by atoms with Crippen molar-refractivity contribution in [3.8, 4) is 28.3 Å². The summed E-state index contributed by atoms with van der Waals surface area (Å²) in [6.45, 7) is 3.07. The number of nitrogens with one attached hydrogen (secondary N) is 1. The molecule has 0 saturated heterocycles. The van der Waals surface area contributed by atoms with Gasteiger partial charge in [0.25, 0.3) is 0 Å². The number of methoxy groups -OCH3 is 2. The Morgan fingerprint density at radius 3 is 2.52 bits per heavy atom. The Kier molecular flexibility index (Phi) is 8.49. The molecule has 1 amide bonds. The maximum absolute atomic E-state index is 11.0. The molecule has 0 spiro atoms. The molecule has 0 fully saturated rings. The molecule has 8 nitrogen and oxygen atoms in total. The van der Waals surface area contributed by atoms with E-state index in [0.717, 1.165) is 40.0 Å². The highest BCUT2D eigenvalue weighted by Crippen LogP contribution is 2.36. The normalized spacial score (nSPS) is 10.4. The van der Waals surface area contributed by atoms with Crippen molar-refractivity contribution >= 4 is 23.0 Å². The lowest BCUT2D eigenvalue weighted by atomic mass is 10.0. The summed E-state index contributed by atoms with van der Waals surface area (Å²) in [6.07, 6.45) is 6.49. The van der Waals surface area contributed by atoms with Crippen LogP contribution in [0.25, 0.3) is 33.4 Å². The van der Waals surface area contributed by atoms with Gasteiger partial charge in [-0.2, -0.15) is 5.10 Å². The largest absolute Gasteiger partial charge is 0.494 e. The van der Waals surface area contributed by atoms with Gasteiger partial charge in [0.2, 0.25) is 6.41 Å². The third-order valence-electron chi connectivity index (χ3n) is 5.00. The highest BCUT2D eigenvalue weighted by molar-refractivity contribution is 5.99. The zero-order valence-corrected chi connectivity index (χ0v) is 19.4. The van der Waals surface area contributed by atoms with E-state index < -0.39 is 0 Å². The number of benzene rings is 2. The van der Waals surface area contributed by atoms with Crippen molar-refractivity contribution in [1.82, 2.24) is 19.7 Å². The van der Waals surface area contributed by atoms with Crippen molar-refractivity contribution < 1.29 is 14.3 Å². The number of aryl methyl sites for hydroxylation is 1. The van der Waals surface area contributed by atoms with Crippen LogP contribution in [0.5, 0.6) is 5.75 Å². The summed E-state index contributed by atoms with van der Waals surface area (Å²) in [5, 5.41) is 8.08. The number of nitrogens with zero attached hydrogens (tertiary/aromatic N) is 4. The molecule has 0 atom stereocenters. The molecule has 8 heteroatoms. The van der Waals surface area contributed by atoms with Crippen LogP contribution in [0.1, 0.15) is 19.8 Å². The number of hydrogen-bond donors (Lipinski definition) is 1. The molecule has 0 radical (unpaired) electrons. The second-order valence-electron chi connectivity index (χ2n) is 7.33. The molecule has 4 rings (SSSR count). The molecule has 172 valence electrons. The Morgan fingerprint density at radius 2 is 1.88 bits per heavy atom. The van der Waals surface area contributed by atoms with E-state index in [2.05, 4.69) is 27.3 Å². The van der Waals surface area contributed by atoms with Gasteiger partial charge in [-0.05, 0) is 12.5 Å². The predicted octanol–water partition coefficient (Wildman–Crippen LogP) is 4.71. The molecule has 0 bridgehead atoms. The maximum atomic E-state index is 11.0. The molecular formula is C25H29N5O3. The van der Waals surface area contributed by atoms with Crippen LogP contribution in [0.3, 0.4) is 0 Å². The van der Waals surface area contributed by atoms with Gasteiger partial charge in [0, 0.05) is 49.5 Å². The van der Waals surface area contributed by atoms with Gasteiger partial charge in [-0.1, -0.05) is 43.7 Å². The summed E-state index contributed by atoms with van der Waals surface area (Å²) in [5.41, 5.74) is 4.73. The van der Waals surface area contributed by atoms with Crippen molar-refractivity contribution in [2.45, 2.75) is 19.8 Å². The first-order valence-electron chi connectivity index (χ1n) is 10.7. The number of rotatable bonds is 8. The lowest BCUT2D eigenvalue weighted by Gasteiger charge is -2.11. The van der Waals surface area contributed by atoms with E-state index in [4.69, 9.17) is 9.47 Å². The lowest BCUT2D eigenvalue weighted by molar-refractivity contribution is -0.105. The van der Waals surface area contributed by atoms with Crippen molar-refractivity contribution in [3.63, 3.8) is 0 Å². The molecule has 33 heavy (non-hydrogen) atoms. The quantitative estimate of drug-likeness (QED) is 0.311. The monoisotopic (exact) mass is 447 g/mol. The summed E-state index contributed by atoms with van der Waals surface area (Å²) in [6, 6.07) is 13.5. The van der Waals surface area contributed by atoms with Crippen LogP contribution >= 0.6 is 0 Å². The first kappa shape index (κ1) is 23.9. The first-order valence-corrected chi connectivity index (χ1v) is 10.7. The van der Waals surface area contributed by atoms with Gasteiger partial charge in [-0.3, -0.25) is 9.48 Å². The summed E-state index contributed by atoms with van der Waals surface area (Å²) in [4.78, 5) is 19.8. The third-order valence-corrected chi connectivity index (χ3v) is 5.00. The molecule has 0 aliphatic heterocycles. The Hall–Kier alpha value is -3.78. The predicted molar refractivity (Wildman–Crippen MR) is 130 cm³/mol. The van der Waals surface area contributed by atoms with Crippen molar-refractivity contribution in [2.75, 3.05) is 26.1 Å². The van der Waals surface area contributed by atoms with E-state index >= 15 is 0 Å². The highest BCUT2D eigenvalue weighted by atomic mass is 16.5. The van der Waals surface area contributed by atoms with Crippen molar-refractivity contribution in [2.24, 2.45) is 7.05 Å². The number of unbranched alkanes of at least 4 members (excludes halogenated alkanes) is 1. The van der Waals surface area contributed by atoms with Gasteiger partial charge in [0.1, 0.15) is 17.8 Å². The Morgan fingerprint density at radius 1 is 1.09 bits per heavy atom. The molecular weight excluding hydrogens is 418 g/mol. The number of carbonyl (C=O) groups is 1. The molecule has 0 aliphatic rings. The van der Waals surface area contributed by atoms with Gasteiger partial charge < -0.3 is 14.8 Å². The standard InChI is InChI=1S/C20H17N5O2.C5H12O/c1-25-10-15(19(24-25)13-6-4-3-5-7-13)20-14-8-17(23-12-26)18(27-2)9-16(14)21-11-22-20;1-3-4-5-6-2/h3-12H,1-2H3,(H,23,26);3-5H2,1-2H3. The minimum absolute atomic E-state index is 0.536. The molecule has 0 aliphatic carbocycles. The maximum Gasteiger partial charge on any atom is 0.211 e. The van der Waals surface area contributed by atoms with Crippen LogP contribution in [-0.2, 0) is 16.6 Å². The fraction of sp³-hybridized carbons (Fsp3) is 0.280. The molecule has 2 aromatic heterocycles. The topological polar surface area (TPSA) is 91.2 Å². The van der Waals surface area contributed by atoms with E-state index in [-0.39, 0.29) is 0 Å². The van der Waals surface area contributed by atoms with Gasteiger partial charge in [0.05, 0.1) is 24.0 Å². The number of fused-ring (bicyclic) bond motifs is 1. The summed E-state index contributed by atoms with van der Waals surface area (Å²) < 4.78 is 11.9. The van der Waals surface area contributed by atoms with Crippen LogP contribution in [0, 0.1) is 0 Å². The van der Waals surface area contributed by atoms with E-state index in [1.807, 2.05) is 49.6 Å². The Bertz CT molecular complexity index is 1190.